The average molecular weight is 1550 g/mol. The number of carbonyl (C=O) groups is 12. The molecule has 0 aromatic rings. The lowest BCUT2D eigenvalue weighted by atomic mass is 9.58. The summed E-state index contributed by atoms with van der Waals surface area (Å²) in [5.74, 6) is -18.6. The summed E-state index contributed by atoms with van der Waals surface area (Å²) < 4.78 is 114. The number of carbonyl (C=O) groups excluding carboxylic acids is 12. The number of alkyl halides is 7. The minimum absolute atomic E-state index is 0.00345. The van der Waals surface area contributed by atoms with Crippen LogP contribution >= 0.6 is 0 Å². The predicted molar refractivity (Wildman–Crippen MR) is 385 cm³/mol. The van der Waals surface area contributed by atoms with E-state index in [1.54, 1.807) is 53.7 Å². The largest absolute Gasteiger partial charge is 0.397 e. The molecular formula is C75H119F7N12O14. The molecule has 6 aliphatic rings. The average Bonchev–Trinajstić information content (AvgIpc) is 0.881. The molecular weight excluding hydrogens is 1430 g/mol. The van der Waals surface area contributed by atoms with Crippen LogP contribution in [-0.2, 0) is 67.0 Å². The fourth-order valence-corrected chi connectivity index (χ4v) is 16.7. The molecule has 3 saturated carbocycles. The summed E-state index contributed by atoms with van der Waals surface area (Å²) in [7, 11) is 10.7. The molecule has 2 unspecified atom stereocenters. The maximum atomic E-state index is 15.7. The van der Waals surface area contributed by atoms with Gasteiger partial charge in [0.25, 0.3) is 0 Å². The van der Waals surface area contributed by atoms with Crippen LogP contribution in [0.4, 0.5) is 30.7 Å². The van der Waals surface area contributed by atoms with E-state index >= 15 is 37.5 Å². The Bertz CT molecular complexity index is 3210. The van der Waals surface area contributed by atoms with E-state index in [-0.39, 0.29) is 84.1 Å². The van der Waals surface area contributed by atoms with Crippen molar-refractivity contribution >= 4 is 70.9 Å². The summed E-state index contributed by atoms with van der Waals surface area (Å²) in [6.07, 6.45) is -11.6. The quantitative estimate of drug-likeness (QED) is 0.124. The minimum atomic E-state index is -5.21. The van der Waals surface area contributed by atoms with Crippen molar-refractivity contribution in [3.05, 3.63) is 12.2 Å². The summed E-state index contributed by atoms with van der Waals surface area (Å²) in [5.41, 5.74) is -2.40. The Balaban J connectivity index is 1.50. The van der Waals surface area contributed by atoms with Crippen molar-refractivity contribution in [2.45, 2.75) is 255 Å². The van der Waals surface area contributed by atoms with Crippen LogP contribution < -0.4 is 16.0 Å². The first kappa shape index (κ1) is 89.7. The van der Waals surface area contributed by atoms with Crippen molar-refractivity contribution in [2.24, 2.45) is 35.0 Å². The lowest BCUT2D eigenvalue weighted by molar-refractivity contribution is -0.219. The van der Waals surface area contributed by atoms with E-state index in [1.165, 1.54) is 71.1 Å². The first-order chi connectivity index (χ1) is 50.4. The third kappa shape index (κ3) is 21.9. The molecule has 5 fully saturated rings. The lowest BCUT2D eigenvalue weighted by Crippen LogP contribution is -2.71. The van der Waals surface area contributed by atoms with Gasteiger partial charge in [-0.15, -0.1) is 0 Å². The maximum Gasteiger partial charge on any atom is 0.397 e. The number of halogens is 7. The summed E-state index contributed by atoms with van der Waals surface area (Å²) in [6.45, 7) is 11.8. The van der Waals surface area contributed by atoms with Crippen LogP contribution in [-0.4, -0.2) is 302 Å². The number of nitrogens with zero attached hydrogens (tertiary/aromatic N) is 9. The third-order valence-corrected chi connectivity index (χ3v) is 23.2. The molecule has 1 spiro atoms. The van der Waals surface area contributed by atoms with Gasteiger partial charge in [-0.2, -0.15) is 13.2 Å². The van der Waals surface area contributed by atoms with Gasteiger partial charge in [-0.1, -0.05) is 73.0 Å². The molecule has 0 aromatic carbocycles. The third-order valence-electron chi connectivity index (χ3n) is 23.2. The van der Waals surface area contributed by atoms with Crippen molar-refractivity contribution < 1.29 is 97.7 Å². The smallest absolute Gasteiger partial charge is 0.379 e. The van der Waals surface area contributed by atoms with E-state index in [9.17, 15) is 50.7 Å². The van der Waals surface area contributed by atoms with Crippen molar-refractivity contribution in [1.29, 1.82) is 0 Å². The van der Waals surface area contributed by atoms with Crippen LogP contribution in [0, 0.1) is 35.0 Å². The van der Waals surface area contributed by atoms with Gasteiger partial charge in [0.1, 0.15) is 72.1 Å². The molecule has 26 nitrogen and oxygen atoms in total. The second-order valence-electron chi connectivity index (χ2n) is 31.9. The van der Waals surface area contributed by atoms with Crippen LogP contribution in [0.1, 0.15) is 171 Å². The maximum absolute atomic E-state index is 15.7. The second-order valence-corrected chi connectivity index (χ2v) is 31.9. The highest BCUT2D eigenvalue weighted by atomic mass is 19.4. The topological polar surface area (TPSA) is 289 Å². The molecule has 2 bridgehead atoms. The highest BCUT2D eigenvalue weighted by Crippen LogP contribution is 2.50. The van der Waals surface area contributed by atoms with Crippen LogP contribution in [0.3, 0.4) is 0 Å². The van der Waals surface area contributed by atoms with Gasteiger partial charge in [0, 0.05) is 102 Å². The van der Waals surface area contributed by atoms with Crippen molar-refractivity contribution in [2.75, 3.05) is 102 Å². The van der Waals surface area contributed by atoms with Crippen molar-refractivity contribution in [1.82, 2.24) is 60.0 Å². The number of amides is 12. The molecule has 6 rings (SSSR count). The Morgan fingerprint density at radius 3 is 1.83 bits per heavy atom. The summed E-state index contributed by atoms with van der Waals surface area (Å²) in [4.78, 5) is 191. The SMILES string of the molecule is CCOC[C@H]1C(=O)N[C@@H]([C@@H](C)CC)C(=O)N(C)CC(=O)N(C)[C@H]2C/C=C\CCN(C2=O)[C@@H](CC2CCC(F)(F)CC2)C(=O)N(C)CC(=O)N[C@@H](CCC2CC(F)C(C(F)(F)F)C(F)C2)C(=O)N2C[C@H](OCC)C[C@H]2C(=O)NC2(CC(C)(C)C2)C(=O)N(C)[C@@H](C(CC)CC)C(=O)N(C)[C@H](C(=O)N(C)C)CC(=O)N1C. The van der Waals surface area contributed by atoms with Gasteiger partial charge in [-0.05, 0) is 114 Å². The monoisotopic (exact) mass is 1540 g/mol. The molecule has 612 valence electrons. The first-order valence-corrected chi connectivity index (χ1v) is 38.3. The van der Waals surface area contributed by atoms with Gasteiger partial charge in [-0.25, -0.2) is 17.6 Å². The number of ether oxygens (including phenoxy) is 2. The molecule has 0 aromatic heterocycles. The van der Waals surface area contributed by atoms with Crippen LogP contribution in [0.25, 0.3) is 0 Å². The van der Waals surface area contributed by atoms with Crippen LogP contribution in [0.2, 0.25) is 0 Å². The van der Waals surface area contributed by atoms with Crippen LogP contribution in [0.5, 0.6) is 0 Å². The summed E-state index contributed by atoms with van der Waals surface area (Å²) in [5, 5.41) is 8.39. The molecule has 2 saturated heterocycles. The number of hydrogen-bond acceptors (Lipinski definition) is 14. The zero-order chi connectivity index (χ0) is 81.0. The summed E-state index contributed by atoms with van der Waals surface area (Å²) in [6, 6.07) is -11.7. The van der Waals surface area contributed by atoms with Crippen LogP contribution in [0.15, 0.2) is 12.2 Å². The highest BCUT2D eigenvalue weighted by Gasteiger charge is 2.60. The molecule has 33 heteroatoms. The number of likely N-dealkylation sites (N-methyl/N-ethyl adjacent to an activating group) is 7. The Morgan fingerprint density at radius 2 is 1.28 bits per heavy atom. The highest BCUT2D eigenvalue weighted by molar-refractivity contribution is 6.01. The standard InChI is InChI=1S/C75H119F7N12O14/c1-17-44(6)61-69(104)88(12)40-59(97)89(13)52-25-23-22-24-32-93(68(52)103)55(35-45-28-30-74(78,79)31-29-45)67(102)87(11)39-57(95)83-51(27-26-46-33-49(76)60(50(77)34-46)75(80,81)82)65(100)94-38-48(108-21-5)36-53(94)64(99)85-73(42-72(7,8)43-73)71(106)92(16)62(47(18-2)19-3)70(105)91(15)54(66(101)86(9)10)37-58(96)90(14)56(41-107-20-4)63(98)84-61/h22-23,44-56,60-62H,17-21,24-43H2,1-16H3,(H,83,95)(H,84,98)(H,85,99)/b23-22-/t44-,46?,48+,49?,50?,51-,52-,53-,54-,55-,56-,60?,61-,62-/m0/s1. The van der Waals surface area contributed by atoms with E-state index in [0.717, 1.165) is 29.4 Å². The number of hydrogen-bond donors (Lipinski definition) is 3. The van der Waals surface area contributed by atoms with Crippen molar-refractivity contribution in [3.8, 4) is 0 Å². The molecule has 0 radical (unpaired) electrons. The fourth-order valence-electron chi connectivity index (χ4n) is 16.7. The van der Waals surface area contributed by atoms with Gasteiger partial charge in [0.2, 0.25) is 76.8 Å². The number of nitrogens with one attached hydrogen (secondary N) is 3. The van der Waals surface area contributed by atoms with Crippen molar-refractivity contribution in [3.63, 3.8) is 0 Å². The normalized spacial score (nSPS) is 30.7. The van der Waals surface area contributed by atoms with E-state index in [0.29, 0.717) is 19.3 Å². The molecule has 3 N–H and O–H groups in total. The Morgan fingerprint density at radius 1 is 0.667 bits per heavy atom. The molecule has 12 amide bonds. The summed E-state index contributed by atoms with van der Waals surface area (Å²) >= 11 is 0. The molecule has 12 atom stereocenters. The molecule has 3 heterocycles. The Labute approximate surface area is 631 Å². The zero-order valence-electron chi connectivity index (χ0n) is 66.0. The van der Waals surface area contributed by atoms with Gasteiger partial charge in [0.15, 0.2) is 0 Å². The fraction of sp³-hybridized carbons (Fsp3) is 0.813. The van der Waals surface area contributed by atoms with E-state index in [4.69, 9.17) is 9.47 Å². The molecule has 3 aliphatic heterocycles. The van der Waals surface area contributed by atoms with E-state index in [2.05, 4.69) is 16.0 Å². The predicted octanol–water partition coefficient (Wildman–Crippen LogP) is 5.68. The second kappa shape index (κ2) is 38.2. The van der Waals surface area contributed by atoms with Gasteiger partial charge in [0.05, 0.1) is 32.2 Å². The lowest BCUT2D eigenvalue weighted by Gasteiger charge is -2.54. The van der Waals surface area contributed by atoms with E-state index in [1.807, 2.05) is 13.8 Å². The molecule has 3 aliphatic carbocycles. The first-order valence-electron chi connectivity index (χ1n) is 38.3. The number of rotatable bonds is 16. The Hall–Kier alpha value is -7.19. The molecule has 108 heavy (non-hydrogen) atoms. The Kier molecular flexibility index (Phi) is 31.7. The zero-order valence-corrected chi connectivity index (χ0v) is 66.0. The number of fused-ring (bicyclic) bond motifs is 3. The van der Waals surface area contributed by atoms with E-state index < -0.39 is 249 Å². The van der Waals surface area contributed by atoms with Gasteiger partial charge < -0.3 is 69.5 Å². The van der Waals surface area contributed by atoms with Gasteiger partial charge >= 0.3 is 6.18 Å². The minimum Gasteiger partial charge on any atom is -0.379 e. The van der Waals surface area contributed by atoms with Gasteiger partial charge in [-0.3, -0.25) is 57.5 Å².